The van der Waals surface area contributed by atoms with E-state index >= 15 is 0 Å². The number of aliphatic hydroxyl groups excluding tert-OH is 2. The van der Waals surface area contributed by atoms with Crippen LogP contribution in [0.15, 0.2) is 104 Å². The standard InChI is InChI=1S/C38H39N7O10/c46-30-28(55-35(31(30)47)45-22-41-29-32(39-21-40-33(29)45)44-34(48)25-14-8-3-9-15-25)18-26(42-37(51)53-19-23-10-4-1-5-11-23)16-17-27(36(49)50)43-38(52)54-20-24-12-6-2-7-13-24/h1-15,21-22,26-28,30-31,35,46-47H,16-20H2,(H,42,51)(H,43,52)(H,49,50)(H,39,40,44,48)/t26-,27-,28+,30?,31?,35+/m0/s1. The van der Waals surface area contributed by atoms with Crippen molar-refractivity contribution in [3.8, 4) is 0 Å². The molecule has 6 N–H and O–H groups in total. The van der Waals surface area contributed by atoms with Crippen LogP contribution in [0.5, 0.6) is 0 Å². The monoisotopic (exact) mass is 753 g/mol. The number of alkyl carbamates (subject to hydrolysis) is 2. The lowest BCUT2D eigenvalue weighted by Crippen LogP contribution is -2.44. The van der Waals surface area contributed by atoms with Gasteiger partial charge in [-0.1, -0.05) is 78.9 Å². The number of hydrogen-bond acceptors (Lipinski definition) is 12. The quantitative estimate of drug-likeness (QED) is 0.0899. The van der Waals surface area contributed by atoms with Crippen LogP contribution in [-0.4, -0.2) is 89.3 Å². The molecule has 2 aromatic heterocycles. The second-order valence-electron chi connectivity index (χ2n) is 12.7. The largest absolute Gasteiger partial charge is 0.480 e. The van der Waals surface area contributed by atoms with E-state index in [1.807, 2.05) is 12.1 Å². The first-order valence-corrected chi connectivity index (χ1v) is 17.4. The van der Waals surface area contributed by atoms with Crippen molar-refractivity contribution >= 4 is 41.0 Å². The molecule has 0 spiro atoms. The van der Waals surface area contributed by atoms with Crippen LogP contribution in [0.1, 0.15) is 47.0 Å². The van der Waals surface area contributed by atoms with E-state index in [1.54, 1.807) is 78.9 Å². The minimum Gasteiger partial charge on any atom is -0.480 e. The predicted octanol–water partition coefficient (Wildman–Crippen LogP) is 3.54. The third-order valence-corrected chi connectivity index (χ3v) is 8.90. The summed E-state index contributed by atoms with van der Waals surface area (Å²) < 4.78 is 18.1. The van der Waals surface area contributed by atoms with E-state index in [2.05, 4.69) is 30.9 Å². The van der Waals surface area contributed by atoms with Crippen molar-refractivity contribution in [1.82, 2.24) is 30.2 Å². The summed E-state index contributed by atoms with van der Waals surface area (Å²) in [5.74, 6) is -1.64. The number of hydrogen-bond donors (Lipinski definition) is 6. The number of imidazole rings is 1. The highest BCUT2D eigenvalue weighted by molar-refractivity contribution is 6.06. The molecule has 1 saturated heterocycles. The molecular weight excluding hydrogens is 714 g/mol. The molecule has 3 amide bonds. The lowest BCUT2D eigenvalue weighted by Gasteiger charge is -2.25. The molecule has 17 nitrogen and oxygen atoms in total. The van der Waals surface area contributed by atoms with Gasteiger partial charge in [0.25, 0.3) is 5.91 Å². The number of carbonyl (C=O) groups excluding carboxylic acids is 3. The molecule has 0 aliphatic carbocycles. The van der Waals surface area contributed by atoms with E-state index < -0.39 is 60.7 Å². The summed E-state index contributed by atoms with van der Waals surface area (Å²) in [6.45, 7) is -0.114. The second kappa shape index (κ2) is 18.1. The summed E-state index contributed by atoms with van der Waals surface area (Å²) in [6.07, 6.45) is -4.72. The zero-order valence-electron chi connectivity index (χ0n) is 29.3. The number of aliphatic hydroxyl groups is 2. The first kappa shape index (κ1) is 38.3. The molecule has 0 saturated carbocycles. The average Bonchev–Trinajstić information content (AvgIpc) is 3.75. The van der Waals surface area contributed by atoms with E-state index in [9.17, 15) is 34.5 Å². The summed E-state index contributed by atoms with van der Waals surface area (Å²) in [6, 6.07) is 24.1. The Labute approximate surface area is 314 Å². The number of anilines is 1. The van der Waals surface area contributed by atoms with Gasteiger partial charge in [-0.3, -0.25) is 9.36 Å². The highest BCUT2D eigenvalue weighted by atomic mass is 16.6. The minimum atomic E-state index is -1.49. The van der Waals surface area contributed by atoms with Gasteiger partial charge in [0, 0.05) is 11.6 Å². The van der Waals surface area contributed by atoms with Gasteiger partial charge in [-0.25, -0.2) is 29.3 Å². The Morgan fingerprint density at radius 1 is 0.764 bits per heavy atom. The van der Waals surface area contributed by atoms with Gasteiger partial charge in [0.2, 0.25) is 0 Å². The summed E-state index contributed by atoms with van der Waals surface area (Å²) in [5, 5.41) is 40.0. The van der Waals surface area contributed by atoms with Gasteiger partial charge >= 0.3 is 18.2 Å². The molecule has 2 unspecified atom stereocenters. The molecule has 3 aromatic carbocycles. The number of nitrogens with zero attached hydrogens (tertiary/aromatic N) is 4. The molecule has 1 aliphatic heterocycles. The number of aliphatic carboxylic acids is 1. The first-order valence-electron chi connectivity index (χ1n) is 17.4. The Hall–Kier alpha value is -6.43. The van der Waals surface area contributed by atoms with Gasteiger partial charge < -0.3 is 45.5 Å². The van der Waals surface area contributed by atoms with Crippen molar-refractivity contribution in [3.63, 3.8) is 0 Å². The SMILES string of the molecule is O=C(N[C@@H](CC[C@H](NC(=O)OCc1ccccc1)C(=O)O)C[C@H]1O[C@@H](n2cnc3c(NC(=O)c4ccccc4)ncnc32)C(O)C1O)OCc1ccccc1. The highest BCUT2D eigenvalue weighted by Crippen LogP contribution is 2.34. The second-order valence-corrected chi connectivity index (χ2v) is 12.7. The fourth-order valence-corrected chi connectivity index (χ4v) is 6.05. The van der Waals surface area contributed by atoms with E-state index in [-0.39, 0.29) is 49.5 Å². The summed E-state index contributed by atoms with van der Waals surface area (Å²) in [5.41, 5.74) is 2.25. The molecule has 5 aromatic rings. The zero-order valence-corrected chi connectivity index (χ0v) is 29.3. The van der Waals surface area contributed by atoms with E-state index in [4.69, 9.17) is 14.2 Å². The van der Waals surface area contributed by atoms with Crippen LogP contribution in [0.4, 0.5) is 15.4 Å². The Bertz CT molecular complexity index is 2070. The molecular formula is C38H39N7O10. The Morgan fingerprint density at radius 2 is 1.36 bits per heavy atom. The number of carbonyl (C=O) groups is 4. The van der Waals surface area contributed by atoms with Crippen molar-refractivity contribution in [3.05, 3.63) is 120 Å². The maximum atomic E-state index is 13.0. The molecule has 55 heavy (non-hydrogen) atoms. The van der Waals surface area contributed by atoms with Crippen LogP contribution >= 0.6 is 0 Å². The van der Waals surface area contributed by atoms with Crippen molar-refractivity contribution < 1.29 is 48.7 Å². The molecule has 6 atom stereocenters. The van der Waals surface area contributed by atoms with Gasteiger partial charge in [0.05, 0.1) is 12.4 Å². The van der Waals surface area contributed by atoms with Gasteiger partial charge in [-0.05, 0) is 42.5 Å². The van der Waals surface area contributed by atoms with Crippen LogP contribution in [0.2, 0.25) is 0 Å². The maximum Gasteiger partial charge on any atom is 0.408 e. The van der Waals surface area contributed by atoms with E-state index in [0.717, 1.165) is 5.56 Å². The van der Waals surface area contributed by atoms with Crippen molar-refractivity contribution in [2.24, 2.45) is 0 Å². The average molecular weight is 754 g/mol. The number of rotatable bonds is 15. The number of carboxylic acid groups (broad SMARTS) is 1. The van der Waals surface area contributed by atoms with Crippen LogP contribution in [0.3, 0.4) is 0 Å². The molecule has 3 heterocycles. The van der Waals surface area contributed by atoms with Gasteiger partial charge in [-0.15, -0.1) is 0 Å². The molecule has 286 valence electrons. The summed E-state index contributed by atoms with van der Waals surface area (Å²) >= 11 is 0. The van der Waals surface area contributed by atoms with Gasteiger partial charge in [0.1, 0.15) is 37.8 Å². The highest BCUT2D eigenvalue weighted by Gasteiger charge is 2.45. The van der Waals surface area contributed by atoms with Crippen LogP contribution in [0, 0.1) is 0 Å². The lowest BCUT2D eigenvalue weighted by molar-refractivity contribution is -0.139. The number of ether oxygens (including phenoxy) is 3. The van der Waals surface area contributed by atoms with Gasteiger partial charge in [0.15, 0.2) is 23.2 Å². The molecule has 1 fully saturated rings. The third-order valence-electron chi connectivity index (χ3n) is 8.90. The topological polar surface area (TPSA) is 236 Å². The fourth-order valence-electron chi connectivity index (χ4n) is 6.05. The smallest absolute Gasteiger partial charge is 0.408 e. The molecule has 0 bridgehead atoms. The number of nitrogens with one attached hydrogen (secondary N) is 3. The van der Waals surface area contributed by atoms with Gasteiger partial charge in [-0.2, -0.15) is 0 Å². The van der Waals surface area contributed by atoms with Crippen LogP contribution < -0.4 is 16.0 Å². The number of benzene rings is 3. The Kier molecular flexibility index (Phi) is 12.6. The van der Waals surface area contributed by atoms with E-state index in [0.29, 0.717) is 11.1 Å². The van der Waals surface area contributed by atoms with Crippen molar-refractivity contribution in [1.29, 1.82) is 0 Å². The summed E-state index contributed by atoms with van der Waals surface area (Å²) in [4.78, 5) is 63.2. The van der Waals surface area contributed by atoms with E-state index in [1.165, 1.54) is 17.2 Å². The Morgan fingerprint density at radius 3 is 1.98 bits per heavy atom. The normalized spacial score (nSPS) is 18.9. The number of aromatic nitrogens is 4. The van der Waals surface area contributed by atoms with Crippen molar-refractivity contribution in [2.45, 2.75) is 69.1 Å². The van der Waals surface area contributed by atoms with Crippen molar-refractivity contribution in [2.75, 3.05) is 5.32 Å². The zero-order chi connectivity index (χ0) is 38.7. The number of carboxylic acids is 1. The number of amides is 3. The molecule has 0 radical (unpaired) electrons. The first-order chi connectivity index (χ1) is 26.7. The van der Waals surface area contributed by atoms with Crippen LogP contribution in [-0.2, 0) is 32.2 Å². The third kappa shape index (κ3) is 9.96. The predicted molar refractivity (Wildman–Crippen MR) is 194 cm³/mol. The number of fused-ring (bicyclic) bond motifs is 1. The minimum absolute atomic E-state index is 0.0184. The summed E-state index contributed by atoms with van der Waals surface area (Å²) in [7, 11) is 0. The molecule has 1 aliphatic rings. The fraction of sp³-hybridized carbons (Fsp3) is 0.289. The Balaban J connectivity index is 1.14. The van der Waals surface area contributed by atoms with Crippen LogP contribution in [0.25, 0.3) is 11.2 Å². The molecule has 17 heteroatoms. The molecule has 6 rings (SSSR count). The lowest BCUT2D eigenvalue weighted by atomic mass is 9.97. The maximum absolute atomic E-state index is 13.0.